The zero-order chi connectivity index (χ0) is 15.8. The maximum atomic E-state index is 11.8. The second-order valence-corrected chi connectivity index (χ2v) is 6.75. The highest BCUT2D eigenvalue weighted by Gasteiger charge is 2.05. The van der Waals surface area contributed by atoms with Gasteiger partial charge in [-0.1, -0.05) is 53.5 Å². The summed E-state index contributed by atoms with van der Waals surface area (Å²) in [6.45, 7) is 0.647. The Morgan fingerprint density at radius 1 is 1.09 bits per heavy atom. The molecule has 0 heterocycles. The molecular weight excluding hydrogens is 337 g/mol. The second-order valence-electron chi connectivity index (χ2n) is 4.80. The molecule has 0 aliphatic rings. The van der Waals surface area contributed by atoms with E-state index in [-0.39, 0.29) is 5.91 Å². The summed E-state index contributed by atoms with van der Waals surface area (Å²) in [7, 11) is 0. The summed E-state index contributed by atoms with van der Waals surface area (Å²) in [5.74, 6) is 1.75. The lowest BCUT2D eigenvalue weighted by Crippen LogP contribution is -2.27. The van der Waals surface area contributed by atoms with E-state index in [0.717, 1.165) is 22.1 Å². The van der Waals surface area contributed by atoms with Crippen molar-refractivity contribution >= 4 is 40.9 Å². The van der Waals surface area contributed by atoms with Crippen molar-refractivity contribution in [1.82, 2.24) is 5.32 Å². The Bertz CT molecular complexity index is 634. The van der Waals surface area contributed by atoms with Crippen molar-refractivity contribution in [1.29, 1.82) is 0 Å². The molecule has 2 rings (SSSR count). The number of amides is 1. The molecule has 0 aromatic heterocycles. The van der Waals surface area contributed by atoms with Crippen LogP contribution in [0, 0.1) is 0 Å². The predicted octanol–water partition coefficient (Wildman–Crippen LogP) is 4.59. The van der Waals surface area contributed by atoms with Gasteiger partial charge in [-0.3, -0.25) is 4.79 Å². The summed E-state index contributed by atoms with van der Waals surface area (Å²) >= 11 is 13.7. The van der Waals surface area contributed by atoms with E-state index in [1.54, 1.807) is 17.8 Å². The number of nitrogens with one attached hydrogen (secondary N) is 1. The van der Waals surface area contributed by atoms with Crippen molar-refractivity contribution in [3.63, 3.8) is 0 Å². The average molecular weight is 354 g/mol. The van der Waals surface area contributed by atoms with Crippen LogP contribution < -0.4 is 5.32 Å². The number of carbonyl (C=O) groups is 1. The number of hydrogen-bond donors (Lipinski definition) is 1. The van der Waals surface area contributed by atoms with Gasteiger partial charge in [0.15, 0.2) is 0 Å². The molecule has 0 radical (unpaired) electrons. The number of benzene rings is 2. The predicted molar refractivity (Wildman–Crippen MR) is 95.8 cm³/mol. The van der Waals surface area contributed by atoms with E-state index in [4.69, 9.17) is 23.2 Å². The highest BCUT2D eigenvalue weighted by atomic mass is 35.5. The minimum Gasteiger partial charge on any atom is -0.355 e. The molecule has 22 heavy (non-hydrogen) atoms. The number of halogens is 2. The third-order valence-electron chi connectivity index (χ3n) is 3.04. The molecule has 0 aliphatic carbocycles. The van der Waals surface area contributed by atoms with Gasteiger partial charge in [-0.05, 0) is 29.3 Å². The van der Waals surface area contributed by atoms with Crippen LogP contribution in [0.1, 0.15) is 11.1 Å². The smallest absolute Gasteiger partial charge is 0.224 e. The van der Waals surface area contributed by atoms with Crippen molar-refractivity contribution in [3.05, 3.63) is 69.7 Å². The Morgan fingerprint density at radius 2 is 1.91 bits per heavy atom. The topological polar surface area (TPSA) is 29.1 Å². The fourth-order valence-corrected chi connectivity index (χ4v) is 3.18. The molecule has 0 fully saturated rings. The minimum absolute atomic E-state index is 0.00328. The fourth-order valence-electron chi connectivity index (χ4n) is 1.96. The molecule has 0 spiro atoms. The van der Waals surface area contributed by atoms with Gasteiger partial charge >= 0.3 is 0 Å². The van der Waals surface area contributed by atoms with Gasteiger partial charge in [0.1, 0.15) is 0 Å². The van der Waals surface area contributed by atoms with Crippen LogP contribution in [-0.2, 0) is 17.0 Å². The molecule has 2 nitrogen and oxygen atoms in total. The maximum absolute atomic E-state index is 11.8. The Labute approximate surface area is 145 Å². The van der Waals surface area contributed by atoms with Crippen LogP contribution in [-0.4, -0.2) is 18.2 Å². The van der Waals surface area contributed by atoms with Crippen molar-refractivity contribution in [2.24, 2.45) is 0 Å². The molecular formula is C17H17Cl2NOS. The van der Waals surface area contributed by atoms with Crippen LogP contribution in [0.15, 0.2) is 48.5 Å². The van der Waals surface area contributed by atoms with E-state index in [2.05, 4.69) is 11.4 Å². The average Bonchev–Trinajstić information content (AvgIpc) is 2.49. The highest BCUT2D eigenvalue weighted by Crippen LogP contribution is 2.17. The normalized spacial score (nSPS) is 10.5. The molecule has 0 atom stereocenters. The van der Waals surface area contributed by atoms with Crippen LogP contribution >= 0.6 is 35.0 Å². The Kier molecular flexibility index (Phi) is 7.10. The Morgan fingerprint density at radius 3 is 2.68 bits per heavy atom. The molecule has 116 valence electrons. The molecule has 5 heteroatoms. The molecule has 2 aromatic rings. The number of hydrogen-bond acceptors (Lipinski definition) is 2. The van der Waals surface area contributed by atoms with Crippen LogP contribution in [0.25, 0.3) is 0 Å². The largest absolute Gasteiger partial charge is 0.355 e. The van der Waals surface area contributed by atoms with Crippen LogP contribution in [0.5, 0.6) is 0 Å². The molecule has 0 saturated heterocycles. The third kappa shape index (κ3) is 5.91. The van der Waals surface area contributed by atoms with Gasteiger partial charge in [0, 0.05) is 28.1 Å². The fraction of sp³-hybridized carbons (Fsp3) is 0.235. The van der Waals surface area contributed by atoms with Crippen molar-refractivity contribution in [3.8, 4) is 0 Å². The van der Waals surface area contributed by atoms with Gasteiger partial charge in [-0.25, -0.2) is 0 Å². The number of carbonyl (C=O) groups excluding carboxylic acids is 1. The standard InChI is InChI=1S/C17H17Cl2NOS/c18-15-6-3-4-13(10-15)12-22-9-8-20-17(21)11-14-5-1-2-7-16(14)19/h1-7,10H,8-9,11-12H2,(H,20,21). The van der Waals surface area contributed by atoms with E-state index in [9.17, 15) is 4.79 Å². The maximum Gasteiger partial charge on any atom is 0.224 e. The van der Waals surface area contributed by atoms with Gasteiger partial charge in [0.25, 0.3) is 0 Å². The first-order valence-electron chi connectivity index (χ1n) is 6.97. The first kappa shape index (κ1) is 17.2. The van der Waals surface area contributed by atoms with Gasteiger partial charge in [-0.15, -0.1) is 0 Å². The number of rotatable bonds is 7. The minimum atomic E-state index is -0.00328. The summed E-state index contributed by atoms with van der Waals surface area (Å²) in [6.07, 6.45) is 0.318. The summed E-state index contributed by atoms with van der Waals surface area (Å²) in [6, 6.07) is 15.2. The lowest BCUT2D eigenvalue weighted by atomic mass is 10.1. The molecule has 2 aromatic carbocycles. The monoisotopic (exact) mass is 353 g/mol. The lowest BCUT2D eigenvalue weighted by Gasteiger charge is -2.07. The SMILES string of the molecule is O=C(Cc1ccccc1Cl)NCCSCc1cccc(Cl)c1. The summed E-state index contributed by atoms with van der Waals surface area (Å²) in [4.78, 5) is 11.8. The summed E-state index contributed by atoms with van der Waals surface area (Å²) < 4.78 is 0. The third-order valence-corrected chi connectivity index (χ3v) is 4.67. The Hall–Kier alpha value is -1.16. The first-order chi connectivity index (χ1) is 10.6. The van der Waals surface area contributed by atoms with Crippen molar-refractivity contribution in [2.45, 2.75) is 12.2 Å². The lowest BCUT2D eigenvalue weighted by molar-refractivity contribution is -0.120. The van der Waals surface area contributed by atoms with Crippen LogP contribution in [0.4, 0.5) is 0 Å². The van der Waals surface area contributed by atoms with E-state index in [1.807, 2.05) is 36.4 Å². The zero-order valence-corrected chi connectivity index (χ0v) is 14.3. The van der Waals surface area contributed by atoms with E-state index >= 15 is 0 Å². The quantitative estimate of drug-likeness (QED) is 0.737. The first-order valence-corrected chi connectivity index (χ1v) is 8.88. The highest BCUT2D eigenvalue weighted by molar-refractivity contribution is 7.98. The summed E-state index contributed by atoms with van der Waals surface area (Å²) in [5, 5.41) is 4.30. The zero-order valence-electron chi connectivity index (χ0n) is 12.0. The molecule has 0 saturated carbocycles. The van der Waals surface area contributed by atoms with Crippen molar-refractivity contribution in [2.75, 3.05) is 12.3 Å². The molecule has 1 N–H and O–H groups in total. The van der Waals surface area contributed by atoms with Gasteiger partial charge in [0.05, 0.1) is 6.42 Å². The van der Waals surface area contributed by atoms with E-state index in [1.165, 1.54) is 5.56 Å². The van der Waals surface area contributed by atoms with Gasteiger partial charge in [0.2, 0.25) is 5.91 Å². The number of thioether (sulfide) groups is 1. The van der Waals surface area contributed by atoms with Crippen LogP contribution in [0.3, 0.4) is 0 Å². The van der Waals surface area contributed by atoms with Crippen LogP contribution in [0.2, 0.25) is 10.0 Å². The van der Waals surface area contributed by atoms with E-state index < -0.39 is 0 Å². The van der Waals surface area contributed by atoms with E-state index in [0.29, 0.717) is 18.0 Å². The van der Waals surface area contributed by atoms with Gasteiger partial charge < -0.3 is 5.32 Å². The van der Waals surface area contributed by atoms with Crippen molar-refractivity contribution < 1.29 is 4.79 Å². The second kappa shape index (κ2) is 9.09. The molecule has 0 unspecified atom stereocenters. The molecule has 0 bridgehead atoms. The van der Waals surface area contributed by atoms with Gasteiger partial charge in [-0.2, -0.15) is 11.8 Å². The summed E-state index contributed by atoms with van der Waals surface area (Å²) in [5.41, 5.74) is 2.05. The molecule has 1 amide bonds. The Balaban J connectivity index is 1.64. The molecule has 0 aliphatic heterocycles.